The van der Waals surface area contributed by atoms with Gasteiger partial charge in [-0.25, -0.2) is 8.78 Å². The minimum Gasteiger partial charge on any atom is -0.351 e. The third kappa shape index (κ3) is 9.35. The Bertz CT molecular complexity index is 1330. The van der Waals surface area contributed by atoms with Crippen molar-refractivity contribution in [3.05, 3.63) is 71.3 Å². The number of hydrogen-bond acceptors (Lipinski definition) is 5. The Balaban J connectivity index is 1.28. The van der Waals surface area contributed by atoms with Gasteiger partial charge in [-0.05, 0) is 44.2 Å². The molecule has 3 saturated heterocycles. The number of nitrogens with zero attached hydrogens (tertiary/aromatic N) is 1. The van der Waals surface area contributed by atoms with Gasteiger partial charge in [0.2, 0.25) is 17.7 Å². The predicted octanol–water partition coefficient (Wildman–Crippen LogP) is 5.98. The number of amides is 3. The van der Waals surface area contributed by atoms with Crippen molar-refractivity contribution in [2.45, 2.75) is 127 Å². The second-order valence-electron chi connectivity index (χ2n) is 13.0. The van der Waals surface area contributed by atoms with Crippen LogP contribution in [0.15, 0.2) is 48.5 Å². The maximum Gasteiger partial charge on any atom is 0.243 e. The van der Waals surface area contributed by atoms with Crippen LogP contribution in [0.4, 0.5) is 8.78 Å². The molecule has 3 heterocycles. The van der Waals surface area contributed by atoms with Gasteiger partial charge in [0.05, 0.1) is 18.5 Å². The van der Waals surface area contributed by atoms with Gasteiger partial charge in [-0.15, -0.1) is 0 Å². The van der Waals surface area contributed by atoms with Gasteiger partial charge < -0.3 is 20.3 Å². The monoisotopic (exact) mass is 638 g/mol. The molecule has 46 heavy (non-hydrogen) atoms. The summed E-state index contributed by atoms with van der Waals surface area (Å²) in [6, 6.07) is 11.6. The van der Waals surface area contributed by atoms with E-state index in [-0.39, 0.29) is 36.4 Å². The van der Waals surface area contributed by atoms with E-state index in [0.717, 1.165) is 75.8 Å². The Morgan fingerprint density at radius 3 is 2.39 bits per heavy atom. The molecule has 3 fully saturated rings. The van der Waals surface area contributed by atoms with Crippen molar-refractivity contribution in [1.82, 2.24) is 20.9 Å². The highest BCUT2D eigenvalue weighted by Crippen LogP contribution is 2.33. The van der Waals surface area contributed by atoms with Gasteiger partial charge in [0.1, 0.15) is 30.0 Å². The minimum atomic E-state index is -1.01. The number of ether oxygens (including phenoxy) is 1. The summed E-state index contributed by atoms with van der Waals surface area (Å²) >= 11 is 0. The third-order valence-electron chi connectivity index (χ3n) is 9.55. The number of likely N-dealkylation sites (tertiary alicyclic amines) is 1. The maximum atomic E-state index is 14.4. The molecule has 8 nitrogen and oxygen atoms in total. The number of epoxide rings is 1. The van der Waals surface area contributed by atoms with Gasteiger partial charge in [-0.2, -0.15) is 0 Å². The van der Waals surface area contributed by atoms with Gasteiger partial charge >= 0.3 is 0 Å². The van der Waals surface area contributed by atoms with E-state index >= 15 is 0 Å². The fourth-order valence-corrected chi connectivity index (χ4v) is 6.92. The Morgan fingerprint density at radius 2 is 1.65 bits per heavy atom. The molecule has 3 amide bonds. The fourth-order valence-electron chi connectivity index (χ4n) is 6.92. The molecule has 2 aromatic carbocycles. The normalized spacial score (nSPS) is 27.5. The van der Waals surface area contributed by atoms with Crippen LogP contribution in [0.1, 0.15) is 114 Å². The van der Waals surface area contributed by atoms with Crippen LogP contribution in [0, 0.1) is 11.6 Å². The van der Waals surface area contributed by atoms with Crippen molar-refractivity contribution >= 4 is 17.7 Å². The number of rotatable bonds is 7. The van der Waals surface area contributed by atoms with Gasteiger partial charge in [-0.3, -0.25) is 19.7 Å². The molecule has 0 spiro atoms. The van der Waals surface area contributed by atoms with E-state index in [1.807, 2.05) is 35.2 Å². The number of carbonyl (C=O) groups is 3. The van der Waals surface area contributed by atoms with Crippen LogP contribution in [0.5, 0.6) is 0 Å². The van der Waals surface area contributed by atoms with Crippen molar-refractivity contribution in [2.75, 3.05) is 6.54 Å². The van der Waals surface area contributed by atoms with Crippen LogP contribution in [0.3, 0.4) is 0 Å². The average molecular weight is 639 g/mol. The molecule has 10 heteroatoms. The number of carbonyl (C=O) groups excluding carboxylic acids is 3. The summed E-state index contributed by atoms with van der Waals surface area (Å²) in [4.78, 5) is 42.4. The van der Waals surface area contributed by atoms with Crippen molar-refractivity contribution in [3.8, 4) is 0 Å². The zero-order valence-electron chi connectivity index (χ0n) is 26.8. The first kappa shape index (κ1) is 34.0. The Labute approximate surface area is 271 Å². The molecule has 0 aromatic heterocycles. The zero-order valence-corrected chi connectivity index (χ0v) is 26.8. The number of hydrogen-bond donors (Lipinski definition) is 3. The standard InChI is InChI=1S/C36H48F2N4O4/c1-24(27-20-19-26(37)22-28(27)38)39-36-34(46-36)29-16-11-6-4-2-3-5-7-12-18-32(43)40-30(35(45)41-29)23-33(44)42-21-13-17-31(42)25-14-9-8-10-15-25/h8-10,14-15,19-20,22,24,29-31,34,36,39H,2-7,11-13,16-18,21,23H2,1H3,(H,40,43)(H,41,45)/t24-,29-,30-,31+,34?,36?/m0/s1. The van der Waals surface area contributed by atoms with Crippen molar-refractivity contribution in [2.24, 2.45) is 0 Å². The summed E-state index contributed by atoms with van der Waals surface area (Å²) in [6.45, 7) is 2.39. The van der Waals surface area contributed by atoms with E-state index in [9.17, 15) is 23.2 Å². The molecule has 3 aliphatic rings. The van der Waals surface area contributed by atoms with Gasteiger partial charge in [-0.1, -0.05) is 81.3 Å². The van der Waals surface area contributed by atoms with Crippen LogP contribution in [-0.2, 0) is 19.1 Å². The molecule has 0 saturated carbocycles. The van der Waals surface area contributed by atoms with Gasteiger partial charge in [0.25, 0.3) is 0 Å². The van der Waals surface area contributed by atoms with Crippen molar-refractivity contribution in [1.29, 1.82) is 0 Å². The highest BCUT2D eigenvalue weighted by atomic mass is 19.1. The van der Waals surface area contributed by atoms with E-state index in [4.69, 9.17) is 4.74 Å². The van der Waals surface area contributed by atoms with Gasteiger partial charge in [0, 0.05) is 30.6 Å². The number of halogens is 2. The molecule has 5 rings (SSSR count). The van der Waals surface area contributed by atoms with Crippen LogP contribution in [0.25, 0.3) is 0 Å². The van der Waals surface area contributed by atoms with Crippen LogP contribution >= 0.6 is 0 Å². The Hall–Kier alpha value is -3.37. The lowest BCUT2D eigenvalue weighted by Gasteiger charge is -2.28. The lowest BCUT2D eigenvalue weighted by atomic mass is 10.0. The first-order chi connectivity index (χ1) is 22.3. The third-order valence-corrected chi connectivity index (χ3v) is 9.55. The van der Waals surface area contributed by atoms with Crippen LogP contribution in [-0.4, -0.2) is 53.6 Å². The summed E-state index contributed by atoms with van der Waals surface area (Å²) in [5.74, 6) is -2.06. The van der Waals surface area contributed by atoms with Crippen molar-refractivity contribution < 1.29 is 27.9 Å². The quantitative estimate of drug-likeness (QED) is 0.324. The second kappa shape index (κ2) is 16.5. The first-order valence-corrected chi connectivity index (χ1v) is 17.1. The van der Waals surface area contributed by atoms with E-state index in [1.165, 1.54) is 12.1 Å². The van der Waals surface area contributed by atoms with Crippen LogP contribution in [0.2, 0.25) is 0 Å². The Morgan fingerprint density at radius 1 is 0.935 bits per heavy atom. The number of nitrogens with one attached hydrogen (secondary N) is 3. The fraction of sp³-hybridized carbons (Fsp3) is 0.583. The number of benzene rings is 2. The summed E-state index contributed by atoms with van der Waals surface area (Å²) in [5, 5.41) is 9.26. The summed E-state index contributed by atoms with van der Waals surface area (Å²) in [5.41, 5.74) is 1.40. The highest BCUT2D eigenvalue weighted by Gasteiger charge is 2.46. The van der Waals surface area contributed by atoms with E-state index in [0.29, 0.717) is 24.9 Å². The summed E-state index contributed by atoms with van der Waals surface area (Å²) in [6.07, 6.45) is 9.88. The lowest BCUT2D eigenvalue weighted by Crippen LogP contribution is -2.53. The topological polar surface area (TPSA) is 103 Å². The van der Waals surface area contributed by atoms with E-state index in [2.05, 4.69) is 16.0 Å². The lowest BCUT2D eigenvalue weighted by molar-refractivity contribution is -0.137. The largest absolute Gasteiger partial charge is 0.351 e. The molecule has 0 bridgehead atoms. The zero-order chi connectivity index (χ0) is 32.5. The van der Waals surface area contributed by atoms with Crippen molar-refractivity contribution in [3.63, 3.8) is 0 Å². The molecular weight excluding hydrogens is 590 g/mol. The minimum absolute atomic E-state index is 0.0500. The average Bonchev–Trinajstić information content (AvgIpc) is 3.61. The highest BCUT2D eigenvalue weighted by molar-refractivity contribution is 5.92. The van der Waals surface area contributed by atoms with E-state index < -0.39 is 35.9 Å². The van der Waals surface area contributed by atoms with Gasteiger partial charge in [0.15, 0.2) is 0 Å². The van der Waals surface area contributed by atoms with Crippen LogP contribution < -0.4 is 16.0 Å². The molecule has 3 N–H and O–H groups in total. The summed E-state index contributed by atoms with van der Waals surface area (Å²) in [7, 11) is 0. The molecule has 6 atom stereocenters. The van der Waals surface area contributed by atoms with E-state index in [1.54, 1.807) is 6.92 Å². The predicted molar refractivity (Wildman–Crippen MR) is 171 cm³/mol. The molecule has 3 aliphatic heterocycles. The molecule has 0 aliphatic carbocycles. The Kier molecular flexibility index (Phi) is 12.2. The summed E-state index contributed by atoms with van der Waals surface area (Å²) < 4.78 is 33.8. The first-order valence-electron chi connectivity index (χ1n) is 17.1. The molecule has 2 aromatic rings. The maximum absolute atomic E-state index is 14.4. The molecule has 2 unspecified atom stereocenters. The molecule has 250 valence electrons. The SMILES string of the molecule is C[C@H](NC1OC1[C@@H]1CCCCCCCCCCC(=O)N[C@@H](CC(=O)N2CCC[C@@H]2c2ccccc2)C(=O)N1)c1ccc(F)cc1F. The molecule has 0 radical (unpaired) electrons. The second-order valence-corrected chi connectivity index (χ2v) is 13.0. The smallest absolute Gasteiger partial charge is 0.243 e. The molecular formula is C36H48F2N4O4.